The standard InChI is InChI=1S/C13H17BrClN3O/c1-9-7-10(14)11(15)8-12(9)16-13(19)18-5-3-17(2)4-6-18/h7-8H,3-6H2,1-2H3,(H,16,19). The minimum absolute atomic E-state index is 0.0606. The van der Waals surface area contributed by atoms with Crippen LogP contribution >= 0.6 is 27.5 Å². The van der Waals surface area contributed by atoms with Crippen LogP contribution < -0.4 is 5.32 Å². The number of urea groups is 1. The van der Waals surface area contributed by atoms with E-state index in [9.17, 15) is 4.79 Å². The van der Waals surface area contributed by atoms with Crippen LogP contribution in [0.15, 0.2) is 16.6 Å². The second kappa shape index (κ2) is 6.11. The molecule has 1 saturated heterocycles. The van der Waals surface area contributed by atoms with Crippen LogP contribution in [-0.4, -0.2) is 49.1 Å². The van der Waals surface area contributed by atoms with E-state index in [0.717, 1.165) is 41.9 Å². The lowest BCUT2D eigenvalue weighted by atomic mass is 10.2. The minimum atomic E-state index is -0.0606. The van der Waals surface area contributed by atoms with Gasteiger partial charge < -0.3 is 15.1 Å². The lowest BCUT2D eigenvalue weighted by Crippen LogP contribution is -2.48. The molecule has 1 aliphatic heterocycles. The molecule has 4 nitrogen and oxygen atoms in total. The quantitative estimate of drug-likeness (QED) is 0.847. The van der Waals surface area contributed by atoms with Crippen molar-refractivity contribution < 1.29 is 4.79 Å². The van der Waals surface area contributed by atoms with Gasteiger partial charge in [0, 0.05) is 36.3 Å². The van der Waals surface area contributed by atoms with E-state index in [4.69, 9.17) is 11.6 Å². The smallest absolute Gasteiger partial charge is 0.321 e. The van der Waals surface area contributed by atoms with Crippen molar-refractivity contribution in [3.63, 3.8) is 0 Å². The Morgan fingerprint density at radius 3 is 2.58 bits per heavy atom. The maximum absolute atomic E-state index is 12.2. The number of likely N-dealkylation sites (N-methyl/N-ethyl adjacent to an activating group) is 1. The zero-order chi connectivity index (χ0) is 14.0. The van der Waals surface area contributed by atoms with Gasteiger partial charge in [-0.15, -0.1) is 0 Å². The maximum Gasteiger partial charge on any atom is 0.321 e. The fourth-order valence-corrected chi connectivity index (χ4v) is 2.61. The highest BCUT2D eigenvalue weighted by molar-refractivity contribution is 9.10. The molecule has 0 spiro atoms. The molecule has 1 aromatic rings. The number of carbonyl (C=O) groups is 1. The van der Waals surface area contributed by atoms with Gasteiger partial charge in [0.2, 0.25) is 0 Å². The Labute approximate surface area is 126 Å². The highest BCUT2D eigenvalue weighted by atomic mass is 79.9. The van der Waals surface area contributed by atoms with E-state index in [1.807, 2.05) is 17.9 Å². The van der Waals surface area contributed by atoms with Gasteiger partial charge in [-0.25, -0.2) is 4.79 Å². The highest BCUT2D eigenvalue weighted by Crippen LogP contribution is 2.29. The Kier molecular flexibility index (Phi) is 4.71. The normalized spacial score (nSPS) is 16.5. The van der Waals surface area contributed by atoms with Crippen LogP contribution in [0.1, 0.15) is 5.56 Å². The van der Waals surface area contributed by atoms with Crippen molar-refractivity contribution in [3.8, 4) is 0 Å². The number of carbonyl (C=O) groups excluding carboxylic acids is 1. The third-order valence-electron chi connectivity index (χ3n) is 3.30. The van der Waals surface area contributed by atoms with Crippen LogP contribution in [0.5, 0.6) is 0 Å². The lowest BCUT2D eigenvalue weighted by Gasteiger charge is -2.32. The molecule has 1 fully saturated rings. The Bertz CT molecular complexity index is 487. The van der Waals surface area contributed by atoms with E-state index in [1.165, 1.54) is 0 Å². The average molecular weight is 347 g/mol. The van der Waals surface area contributed by atoms with E-state index < -0.39 is 0 Å². The fraction of sp³-hybridized carbons (Fsp3) is 0.462. The fourth-order valence-electron chi connectivity index (χ4n) is 1.98. The number of nitrogens with one attached hydrogen (secondary N) is 1. The number of nitrogens with zero attached hydrogens (tertiary/aromatic N) is 2. The third-order valence-corrected chi connectivity index (χ3v) is 4.50. The van der Waals surface area contributed by atoms with Crippen LogP contribution in [0, 0.1) is 6.92 Å². The van der Waals surface area contributed by atoms with Crippen LogP contribution in [0.4, 0.5) is 10.5 Å². The molecule has 2 amide bonds. The summed E-state index contributed by atoms with van der Waals surface area (Å²) in [6, 6.07) is 3.62. The molecule has 104 valence electrons. The third kappa shape index (κ3) is 3.61. The summed E-state index contributed by atoms with van der Waals surface area (Å²) in [5.41, 5.74) is 1.75. The molecule has 1 aliphatic rings. The Morgan fingerprint density at radius 1 is 1.32 bits per heavy atom. The van der Waals surface area contributed by atoms with Gasteiger partial charge >= 0.3 is 6.03 Å². The minimum Gasteiger partial charge on any atom is -0.322 e. The van der Waals surface area contributed by atoms with Gasteiger partial charge in [-0.2, -0.15) is 0 Å². The molecule has 0 atom stereocenters. The molecule has 0 unspecified atom stereocenters. The van der Waals surface area contributed by atoms with Crippen LogP contribution in [0.25, 0.3) is 0 Å². The van der Waals surface area contributed by atoms with E-state index in [2.05, 4.69) is 33.2 Å². The SMILES string of the molecule is Cc1cc(Br)c(Cl)cc1NC(=O)N1CCN(C)CC1. The molecule has 0 saturated carbocycles. The van der Waals surface area contributed by atoms with Gasteiger partial charge in [0.15, 0.2) is 0 Å². The van der Waals surface area contributed by atoms with Crippen LogP contribution in [-0.2, 0) is 0 Å². The summed E-state index contributed by atoms with van der Waals surface area (Å²) in [4.78, 5) is 16.2. The number of anilines is 1. The highest BCUT2D eigenvalue weighted by Gasteiger charge is 2.19. The van der Waals surface area contributed by atoms with E-state index in [1.54, 1.807) is 6.07 Å². The molecule has 6 heteroatoms. The number of piperazine rings is 1. The molecule has 0 aliphatic carbocycles. The van der Waals surface area contributed by atoms with Gasteiger partial charge in [-0.3, -0.25) is 0 Å². The number of hydrogen-bond donors (Lipinski definition) is 1. The number of rotatable bonds is 1. The number of amides is 2. The summed E-state index contributed by atoms with van der Waals surface area (Å²) >= 11 is 9.42. The lowest BCUT2D eigenvalue weighted by molar-refractivity contribution is 0.164. The Morgan fingerprint density at radius 2 is 1.95 bits per heavy atom. The van der Waals surface area contributed by atoms with E-state index >= 15 is 0 Å². The van der Waals surface area contributed by atoms with Crippen molar-refractivity contribution in [2.45, 2.75) is 6.92 Å². The van der Waals surface area contributed by atoms with Gasteiger partial charge in [-0.1, -0.05) is 11.6 Å². The average Bonchev–Trinajstić information content (AvgIpc) is 2.36. The van der Waals surface area contributed by atoms with Crippen molar-refractivity contribution in [2.24, 2.45) is 0 Å². The number of hydrogen-bond acceptors (Lipinski definition) is 2. The Balaban J connectivity index is 2.05. The van der Waals surface area contributed by atoms with Crippen LogP contribution in [0.2, 0.25) is 5.02 Å². The van der Waals surface area contributed by atoms with Gasteiger partial charge in [0.25, 0.3) is 0 Å². The summed E-state index contributed by atoms with van der Waals surface area (Å²) in [5, 5.41) is 3.52. The monoisotopic (exact) mass is 345 g/mol. The summed E-state index contributed by atoms with van der Waals surface area (Å²) < 4.78 is 0.837. The molecule has 1 heterocycles. The molecule has 0 aromatic heterocycles. The van der Waals surface area contributed by atoms with Gasteiger partial charge in [0.05, 0.1) is 5.02 Å². The molecule has 0 bridgehead atoms. The Hall–Kier alpha value is -0.780. The molecular formula is C13H17BrClN3O. The molecule has 1 aromatic carbocycles. The molecule has 2 rings (SSSR count). The summed E-state index contributed by atoms with van der Waals surface area (Å²) in [6.45, 7) is 5.28. The maximum atomic E-state index is 12.2. The molecular weight excluding hydrogens is 330 g/mol. The number of halogens is 2. The summed E-state index contributed by atoms with van der Waals surface area (Å²) in [5.74, 6) is 0. The largest absolute Gasteiger partial charge is 0.322 e. The van der Waals surface area contributed by atoms with Gasteiger partial charge in [-0.05, 0) is 47.6 Å². The van der Waals surface area contributed by atoms with E-state index in [-0.39, 0.29) is 6.03 Å². The zero-order valence-electron chi connectivity index (χ0n) is 11.0. The van der Waals surface area contributed by atoms with Gasteiger partial charge in [0.1, 0.15) is 0 Å². The first kappa shape index (κ1) is 14.6. The molecule has 19 heavy (non-hydrogen) atoms. The molecule has 0 radical (unpaired) electrons. The van der Waals surface area contributed by atoms with Crippen molar-refractivity contribution >= 4 is 39.2 Å². The predicted octanol–water partition coefficient (Wildman–Crippen LogP) is 3.19. The second-order valence-corrected chi connectivity index (χ2v) is 6.06. The number of aryl methyl sites for hydroxylation is 1. The summed E-state index contributed by atoms with van der Waals surface area (Å²) in [6.07, 6.45) is 0. The first-order valence-corrected chi connectivity index (χ1v) is 7.34. The molecule has 1 N–H and O–H groups in total. The predicted molar refractivity (Wildman–Crippen MR) is 82.0 cm³/mol. The topological polar surface area (TPSA) is 35.6 Å². The second-order valence-electron chi connectivity index (χ2n) is 4.80. The first-order valence-electron chi connectivity index (χ1n) is 6.17. The van der Waals surface area contributed by atoms with Crippen molar-refractivity contribution in [3.05, 3.63) is 27.2 Å². The zero-order valence-corrected chi connectivity index (χ0v) is 13.4. The van der Waals surface area contributed by atoms with E-state index in [0.29, 0.717) is 5.02 Å². The number of benzene rings is 1. The van der Waals surface area contributed by atoms with Crippen molar-refractivity contribution in [1.82, 2.24) is 9.80 Å². The summed E-state index contributed by atoms with van der Waals surface area (Å²) in [7, 11) is 2.06. The van der Waals surface area contributed by atoms with Crippen molar-refractivity contribution in [2.75, 3.05) is 38.5 Å². The van der Waals surface area contributed by atoms with Crippen molar-refractivity contribution in [1.29, 1.82) is 0 Å². The van der Waals surface area contributed by atoms with Crippen LogP contribution in [0.3, 0.4) is 0 Å². The first-order chi connectivity index (χ1) is 8.97.